The Morgan fingerprint density at radius 1 is 1.25 bits per heavy atom. The minimum atomic E-state index is -1.45. The highest BCUT2D eigenvalue weighted by atomic mass is 16.5. The summed E-state index contributed by atoms with van der Waals surface area (Å²) in [5, 5.41) is 8.49. The van der Waals surface area contributed by atoms with E-state index in [0.29, 0.717) is 17.1 Å². The fourth-order valence-electron chi connectivity index (χ4n) is 1.25. The van der Waals surface area contributed by atoms with Crippen molar-refractivity contribution >= 4 is 11.8 Å². The molecule has 1 N–H and O–H groups in total. The first kappa shape index (κ1) is 12.0. The van der Waals surface area contributed by atoms with Crippen molar-refractivity contribution in [1.82, 2.24) is 0 Å². The topological polar surface area (TPSA) is 72.8 Å². The second-order valence-corrected chi connectivity index (χ2v) is 3.08. The molecule has 0 bridgehead atoms. The predicted octanol–water partition coefficient (Wildman–Crippen LogP) is 0.900. The van der Waals surface area contributed by atoms with Gasteiger partial charge in [-0.2, -0.15) is 0 Å². The minimum Gasteiger partial charge on any atom is -0.497 e. The lowest BCUT2D eigenvalue weighted by Gasteiger charge is -2.08. The Morgan fingerprint density at radius 3 is 2.44 bits per heavy atom. The number of rotatable bonds is 5. The van der Waals surface area contributed by atoms with Crippen LogP contribution >= 0.6 is 0 Å². The molecule has 0 unspecified atom stereocenters. The van der Waals surface area contributed by atoms with Crippen LogP contribution in [-0.4, -0.2) is 31.1 Å². The van der Waals surface area contributed by atoms with Crippen LogP contribution in [0, 0.1) is 0 Å². The van der Waals surface area contributed by atoms with Gasteiger partial charge in [-0.15, -0.1) is 0 Å². The summed E-state index contributed by atoms with van der Waals surface area (Å²) in [6, 6.07) is 4.86. The minimum absolute atomic E-state index is 0.192. The van der Waals surface area contributed by atoms with Crippen LogP contribution in [0.15, 0.2) is 18.2 Å². The monoisotopic (exact) mass is 224 g/mol. The van der Waals surface area contributed by atoms with Crippen LogP contribution in [0.25, 0.3) is 0 Å². The summed E-state index contributed by atoms with van der Waals surface area (Å²) in [5.74, 6) is -1.29. The molecule has 0 aliphatic carbocycles. The third-order valence-corrected chi connectivity index (χ3v) is 2.08. The summed E-state index contributed by atoms with van der Waals surface area (Å²) >= 11 is 0. The van der Waals surface area contributed by atoms with Gasteiger partial charge in [-0.25, -0.2) is 4.79 Å². The molecular weight excluding hydrogens is 212 g/mol. The molecule has 0 aliphatic rings. The molecule has 1 rings (SSSR count). The van der Waals surface area contributed by atoms with E-state index >= 15 is 0 Å². The molecule has 0 heterocycles. The van der Waals surface area contributed by atoms with E-state index in [1.807, 2.05) is 0 Å². The number of aliphatic carboxylic acids is 1. The number of carbonyl (C=O) groups is 2. The number of ether oxygens (including phenoxy) is 2. The van der Waals surface area contributed by atoms with Crippen LogP contribution in [0.5, 0.6) is 11.5 Å². The molecule has 0 saturated heterocycles. The first-order valence-electron chi connectivity index (χ1n) is 4.55. The van der Waals surface area contributed by atoms with E-state index in [1.54, 1.807) is 18.2 Å². The SMILES string of the molecule is COc1ccc(CC(=O)C(=O)O)c(OC)c1. The summed E-state index contributed by atoms with van der Waals surface area (Å²) in [6.07, 6.45) is -0.192. The zero-order valence-corrected chi connectivity index (χ0v) is 9.02. The van der Waals surface area contributed by atoms with Gasteiger partial charge >= 0.3 is 5.97 Å². The van der Waals surface area contributed by atoms with Crippen molar-refractivity contribution in [3.05, 3.63) is 23.8 Å². The first-order chi connectivity index (χ1) is 7.58. The molecule has 0 spiro atoms. The van der Waals surface area contributed by atoms with E-state index in [0.717, 1.165) is 0 Å². The van der Waals surface area contributed by atoms with Crippen molar-refractivity contribution in [1.29, 1.82) is 0 Å². The van der Waals surface area contributed by atoms with Gasteiger partial charge in [0.05, 0.1) is 14.2 Å². The van der Waals surface area contributed by atoms with Crippen LogP contribution in [-0.2, 0) is 16.0 Å². The number of carboxylic acid groups (broad SMARTS) is 1. The average Bonchev–Trinajstić information content (AvgIpc) is 2.29. The lowest BCUT2D eigenvalue weighted by atomic mass is 10.1. The molecule has 5 nitrogen and oxygen atoms in total. The van der Waals surface area contributed by atoms with E-state index < -0.39 is 11.8 Å². The highest BCUT2D eigenvalue weighted by Gasteiger charge is 2.15. The maximum Gasteiger partial charge on any atom is 0.372 e. The van der Waals surface area contributed by atoms with Crippen LogP contribution in [0.4, 0.5) is 0 Å². The summed E-state index contributed by atoms with van der Waals surface area (Å²) in [6.45, 7) is 0. The van der Waals surface area contributed by atoms with Crippen LogP contribution in [0.3, 0.4) is 0 Å². The molecule has 5 heteroatoms. The highest BCUT2D eigenvalue weighted by molar-refractivity contribution is 6.33. The largest absolute Gasteiger partial charge is 0.497 e. The highest BCUT2D eigenvalue weighted by Crippen LogP contribution is 2.24. The Morgan fingerprint density at radius 2 is 1.94 bits per heavy atom. The van der Waals surface area contributed by atoms with Crippen molar-refractivity contribution in [3.63, 3.8) is 0 Å². The fourth-order valence-corrected chi connectivity index (χ4v) is 1.25. The molecule has 0 radical (unpaired) electrons. The maximum atomic E-state index is 11.0. The number of hydrogen-bond acceptors (Lipinski definition) is 4. The van der Waals surface area contributed by atoms with E-state index in [-0.39, 0.29) is 6.42 Å². The van der Waals surface area contributed by atoms with E-state index in [2.05, 4.69) is 0 Å². The van der Waals surface area contributed by atoms with Gasteiger partial charge in [-0.1, -0.05) is 6.07 Å². The van der Waals surface area contributed by atoms with Crippen LogP contribution < -0.4 is 9.47 Å². The molecule has 16 heavy (non-hydrogen) atoms. The average molecular weight is 224 g/mol. The zero-order valence-electron chi connectivity index (χ0n) is 9.02. The van der Waals surface area contributed by atoms with Crippen molar-refractivity contribution in [2.24, 2.45) is 0 Å². The normalized spacial score (nSPS) is 9.62. The molecule has 0 amide bonds. The van der Waals surface area contributed by atoms with Crippen LogP contribution in [0.1, 0.15) is 5.56 Å². The van der Waals surface area contributed by atoms with Gasteiger partial charge in [0.1, 0.15) is 11.5 Å². The molecule has 86 valence electrons. The summed E-state index contributed by atoms with van der Waals surface area (Å²) in [5.41, 5.74) is 0.524. The molecule has 1 aromatic carbocycles. The lowest BCUT2D eigenvalue weighted by Crippen LogP contribution is -2.15. The zero-order chi connectivity index (χ0) is 12.1. The van der Waals surface area contributed by atoms with Gasteiger partial charge in [0, 0.05) is 18.1 Å². The van der Waals surface area contributed by atoms with Crippen molar-refractivity contribution in [3.8, 4) is 11.5 Å². The number of benzene rings is 1. The van der Waals surface area contributed by atoms with Gasteiger partial charge < -0.3 is 14.6 Å². The smallest absolute Gasteiger partial charge is 0.372 e. The quantitative estimate of drug-likeness (QED) is 0.752. The van der Waals surface area contributed by atoms with Gasteiger partial charge in [0.2, 0.25) is 5.78 Å². The Kier molecular flexibility index (Phi) is 3.88. The van der Waals surface area contributed by atoms with Gasteiger partial charge in [-0.3, -0.25) is 4.79 Å². The number of carboxylic acids is 1. The van der Waals surface area contributed by atoms with Gasteiger partial charge in [0.15, 0.2) is 0 Å². The molecule has 0 saturated carbocycles. The molecule has 0 atom stereocenters. The third kappa shape index (κ3) is 2.73. The number of ketones is 1. The number of methoxy groups -OCH3 is 2. The van der Waals surface area contributed by atoms with Crippen molar-refractivity contribution in [2.75, 3.05) is 14.2 Å². The van der Waals surface area contributed by atoms with Crippen molar-refractivity contribution in [2.45, 2.75) is 6.42 Å². The second kappa shape index (κ2) is 5.16. The van der Waals surface area contributed by atoms with E-state index in [1.165, 1.54) is 14.2 Å². The first-order valence-corrected chi connectivity index (χ1v) is 4.55. The predicted molar refractivity (Wildman–Crippen MR) is 55.9 cm³/mol. The third-order valence-electron chi connectivity index (χ3n) is 2.08. The standard InChI is InChI=1S/C11H12O5/c1-15-8-4-3-7(10(6-8)16-2)5-9(12)11(13)14/h3-4,6H,5H2,1-2H3,(H,13,14). The number of Topliss-reactive ketones (excluding diaryl/α,β-unsaturated/α-hetero) is 1. The van der Waals surface area contributed by atoms with E-state index in [4.69, 9.17) is 14.6 Å². The summed E-state index contributed by atoms with van der Waals surface area (Å²) in [4.78, 5) is 21.5. The summed E-state index contributed by atoms with van der Waals surface area (Å²) in [7, 11) is 2.96. The number of hydrogen-bond donors (Lipinski definition) is 1. The Bertz CT molecular complexity index is 411. The second-order valence-electron chi connectivity index (χ2n) is 3.08. The maximum absolute atomic E-state index is 11.0. The Balaban J connectivity index is 2.96. The van der Waals surface area contributed by atoms with Gasteiger partial charge in [-0.05, 0) is 6.07 Å². The Hall–Kier alpha value is -2.04. The summed E-state index contributed by atoms with van der Waals surface area (Å²) < 4.78 is 10.0. The van der Waals surface area contributed by atoms with Crippen molar-refractivity contribution < 1.29 is 24.2 Å². The van der Waals surface area contributed by atoms with Gasteiger partial charge in [0.25, 0.3) is 0 Å². The molecular formula is C11H12O5. The molecule has 0 fully saturated rings. The Labute approximate surface area is 92.6 Å². The molecule has 0 aromatic heterocycles. The molecule has 0 aliphatic heterocycles. The van der Waals surface area contributed by atoms with Crippen LogP contribution in [0.2, 0.25) is 0 Å². The lowest BCUT2D eigenvalue weighted by molar-refractivity contribution is -0.148. The number of carbonyl (C=O) groups excluding carboxylic acids is 1. The fraction of sp³-hybridized carbons (Fsp3) is 0.273. The van der Waals surface area contributed by atoms with E-state index in [9.17, 15) is 9.59 Å². The molecule has 1 aromatic rings.